The van der Waals surface area contributed by atoms with Crippen molar-refractivity contribution in [2.24, 2.45) is 5.10 Å². The molecule has 0 saturated heterocycles. The van der Waals surface area contributed by atoms with Crippen molar-refractivity contribution in [2.75, 3.05) is 6.61 Å². The van der Waals surface area contributed by atoms with E-state index in [1.54, 1.807) is 6.21 Å². The molecule has 1 N–H and O–H groups in total. The Labute approximate surface area is 159 Å². The average Bonchev–Trinajstić information content (AvgIpc) is 2.66. The summed E-state index contributed by atoms with van der Waals surface area (Å²) in [5.41, 5.74) is 4.79. The fourth-order valence-corrected chi connectivity index (χ4v) is 2.69. The number of fused-ring (bicyclic) bond motifs is 1. The molecule has 138 valence electrons. The van der Waals surface area contributed by atoms with Crippen molar-refractivity contribution in [1.29, 1.82) is 0 Å². The van der Waals surface area contributed by atoms with Crippen LogP contribution in [0.2, 0.25) is 0 Å². The predicted molar refractivity (Wildman–Crippen MR) is 110 cm³/mol. The third kappa shape index (κ3) is 5.17. The SMILES string of the molecule is CC(C)(C)c1ccc(/C=N/NC(=O)COc2ccc3ccccc3c2)cc1. The van der Waals surface area contributed by atoms with Crippen LogP contribution in [0.4, 0.5) is 0 Å². The normalized spacial score (nSPS) is 11.7. The van der Waals surface area contributed by atoms with E-state index in [0.29, 0.717) is 5.75 Å². The van der Waals surface area contributed by atoms with E-state index >= 15 is 0 Å². The Morgan fingerprint density at radius 3 is 2.41 bits per heavy atom. The molecule has 0 bridgehead atoms. The summed E-state index contributed by atoms with van der Waals surface area (Å²) in [6.07, 6.45) is 1.63. The molecule has 0 aromatic heterocycles. The third-order valence-corrected chi connectivity index (χ3v) is 4.27. The van der Waals surface area contributed by atoms with Gasteiger partial charge in [0, 0.05) is 0 Å². The number of hydrogen-bond acceptors (Lipinski definition) is 3. The molecule has 3 aromatic rings. The first-order valence-electron chi connectivity index (χ1n) is 8.96. The standard InChI is InChI=1S/C23H24N2O2/c1-23(2,3)20-11-8-17(9-12-20)15-24-25-22(26)16-27-21-13-10-18-6-4-5-7-19(18)14-21/h4-15H,16H2,1-3H3,(H,25,26)/b24-15+. The maximum atomic E-state index is 11.9. The molecular formula is C23H24N2O2. The van der Waals surface area contributed by atoms with Crippen LogP contribution in [0.25, 0.3) is 10.8 Å². The number of nitrogens with zero attached hydrogens (tertiary/aromatic N) is 1. The van der Waals surface area contributed by atoms with Crippen molar-refractivity contribution >= 4 is 22.9 Å². The number of rotatable bonds is 5. The number of carbonyl (C=O) groups is 1. The largest absolute Gasteiger partial charge is 0.484 e. The topological polar surface area (TPSA) is 50.7 Å². The number of hydrogen-bond donors (Lipinski definition) is 1. The van der Waals surface area contributed by atoms with Gasteiger partial charge >= 0.3 is 0 Å². The number of amides is 1. The molecule has 0 atom stereocenters. The highest BCUT2D eigenvalue weighted by atomic mass is 16.5. The van der Waals surface area contributed by atoms with Crippen LogP contribution in [0.3, 0.4) is 0 Å². The van der Waals surface area contributed by atoms with Gasteiger partial charge in [-0.05, 0) is 39.4 Å². The second kappa shape index (κ2) is 8.04. The first kappa shape index (κ1) is 18.6. The molecule has 0 unspecified atom stereocenters. The quantitative estimate of drug-likeness (QED) is 0.531. The lowest BCUT2D eigenvalue weighted by Crippen LogP contribution is -2.24. The maximum Gasteiger partial charge on any atom is 0.277 e. The number of ether oxygens (including phenoxy) is 1. The van der Waals surface area contributed by atoms with E-state index in [0.717, 1.165) is 16.3 Å². The first-order valence-corrected chi connectivity index (χ1v) is 8.96. The third-order valence-electron chi connectivity index (χ3n) is 4.27. The molecule has 0 saturated carbocycles. The van der Waals surface area contributed by atoms with Gasteiger partial charge in [-0.15, -0.1) is 0 Å². The van der Waals surface area contributed by atoms with Gasteiger partial charge in [-0.2, -0.15) is 5.10 Å². The Balaban J connectivity index is 1.50. The van der Waals surface area contributed by atoms with Gasteiger partial charge in [0.1, 0.15) is 5.75 Å². The second-order valence-electron chi connectivity index (χ2n) is 7.46. The van der Waals surface area contributed by atoms with Crippen LogP contribution in [0.1, 0.15) is 31.9 Å². The molecule has 4 nitrogen and oxygen atoms in total. The van der Waals surface area contributed by atoms with E-state index < -0.39 is 0 Å². The van der Waals surface area contributed by atoms with Crippen molar-refractivity contribution in [1.82, 2.24) is 5.43 Å². The first-order chi connectivity index (χ1) is 12.9. The van der Waals surface area contributed by atoms with Gasteiger partial charge in [0.2, 0.25) is 0 Å². The van der Waals surface area contributed by atoms with Crippen molar-refractivity contribution in [3.63, 3.8) is 0 Å². The lowest BCUT2D eigenvalue weighted by atomic mass is 9.87. The van der Waals surface area contributed by atoms with Crippen LogP contribution in [0.15, 0.2) is 71.8 Å². The predicted octanol–water partition coefficient (Wildman–Crippen LogP) is 4.67. The molecule has 27 heavy (non-hydrogen) atoms. The number of hydrazone groups is 1. The highest BCUT2D eigenvalue weighted by Gasteiger charge is 2.12. The molecular weight excluding hydrogens is 336 g/mol. The summed E-state index contributed by atoms with van der Waals surface area (Å²) in [6, 6.07) is 21.9. The highest BCUT2D eigenvalue weighted by molar-refractivity contribution is 5.84. The molecule has 3 rings (SSSR count). The molecule has 0 radical (unpaired) electrons. The van der Waals surface area contributed by atoms with E-state index in [1.807, 2.05) is 54.6 Å². The fourth-order valence-electron chi connectivity index (χ4n) is 2.69. The van der Waals surface area contributed by atoms with Crippen LogP contribution >= 0.6 is 0 Å². The summed E-state index contributed by atoms with van der Waals surface area (Å²) in [4.78, 5) is 11.9. The molecule has 4 heteroatoms. The summed E-state index contributed by atoms with van der Waals surface area (Å²) in [7, 11) is 0. The number of nitrogens with one attached hydrogen (secondary N) is 1. The van der Waals surface area contributed by atoms with Gasteiger partial charge in [0.15, 0.2) is 6.61 Å². The summed E-state index contributed by atoms with van der Waals surface area (Å²) in [5, 5.41) is 6.20. The zero-order valence-corrected chi connectivity index (χ0v) is 15.9. The Hall–Kier alpha value is -3.14. The van der Waals surface area contributed by atoms with Gasteiger partial charge in [-0.3, -0.25) is 4.79 Å². The van der Waals surface area contributed by atoms with Crippen LogP contribution in [-0.2, 0) is 10.2 Å². The number of carbonyl (C=O) groups excluding carboxylic acids is 1. The zero-order chi connectivity index (χ0) is 19.3. The summed E-state index contributed by atoms with van der Waals surface area (Å²) >= 11 is 0. The van der Waals surface area contributed by atoms with E-state index in [9.17, 15) is 4.79 Å². The van der Waals surface area contributed by atoms with Crippen LogP contribution in [0.5, 0.6) is 5.75 Å². The molecule has 3 aromatic carbocycles. The van der Waals surface area contributed by atoms with Crippen LogP contribution in [0, 0.1) is 0 Å². The number of benzene rings is 3. The van der Waals surface area contributed by atoms with Crippen molar-refractivity contribution < 1.29 is 9.53 Å². The molecule has 0 spiro atoms. The molecule has 0 heterocycles. The molecule has 0 aliphatic heterocycles. The van der Waals surface area contributed by atoms with Gasteiger partial charge < -0.3 is 4.74 Å². The lowest BCUT2D eigenvalue weighted by Gasteiger charge is -2.18. The van der Waals surface area contributed by atoms with E-state index in [1.165, 1.54) is 5.56 Å². The van der Waals surface area contributed by atoms with Gasteiger partial charge in [0.25, 0.3) is 5.91 Å². The minimum Gasteiger partial charge on any atom is -0.484 e. The van der Waals surface area contributed by atoms with Gasteiger partial charge in [-0.25, -0.2) is 5.43 Å². The van der Waals surface area contributed by atoms with E-state index in [4.69, 9.17) is 4.74 Å². The second-order valence-corrected chi connectivity index (χ2v) is 7.46. The van der Waals surface area contributed by atoms with E-state index in [2.05, 4.69) is 43.4 Å². The van der Waals surface area contributed by atoms with Gasteiger partial charge in [0.05, 0.1) is 6.21 Å². The maximum absolute atomic E-state index is 11.9. The van der Waals surface area contributed by atoms with E-state index in [-0.39, 0.29) is 17.9 Å². The minimum atomic E-state index is -0.300. The summed E-state index contributed by atoms with van der Waals surface area (Å²) in [6.45, 7) is 6.43. The molecule has 1 amide bonds. The smallest absolute Gasteiger partial charge is 0.277 e. The fraction of sp³-hybridized carbons (Fsp3) is 0.217. The summed E-state index contributed by atoms with van der Waals surface area (Å²) in [5.74, 6) is 0.358. The lowest BCUT2D eigenvalue weighted by molar-refractivity contribution is -0.123. The van der Waals surface area contributed by atoms with Crippen molar-refractivity contribution in [2.45, 2.75) is 26.2 Å². The zero-order valence-electron chi connectivity index (χ0n) is 15.9. The Morgan fingerprint density at radius 2 is 1.70 bits per heavy atom. The van der Waals surface area contributed by atoms with Crippen molar-refractivity contribution in [3.8, 4) is 5.75 Å². The summed E-state index contributed by atoms with van der Waals surface area (Å²) < 4.78 is 5.55. The molecule has 0 aliphatic rings. The monoisotopic (exact) mass is 360 g/mol. The Kier molecular flexibility index (Phi) is 5.55. The van der Waals surface area contributed by atoms with Gasteiger partial charge in [-0.1, -0.05) is 75.4 Å². The molecule has 0 aliphatic carbocycles. The average molecular weight is 360 g/mol. The Bertz CT molecular complexity index is 954. The van der Waals surface area contributed by atoms with Crippen molar-refractivity contribution in [3.05, 3.63) is 77.9 Å². The van der Waals surface area contributed by atoms with Crippen LogP contribution in [-0.4, -0.2) is 18.7 Å². The molecule has 0 fully saturated rings. The Morgan fingerprint density at radius 1 is 1.00 bits per heavy atom. The highest BCUT2D eigenvalue weighted by Crippen LogP contribution is 2.22. The van der Waals surface area contributed by atoms with Crippen LogP contribution < -0.4 is 10.2 Å². The minimum absolute atomic E-state index is 0.0847.